The summed E-state index contributed by atoms with van der Waals surface area (Å²) in [4.78, 5) is 23.4. The molecule has 128 valence electrons. The van der Waals surface area contributed by atoms with E-state index in [0.29, 0.717) is 18.5 Å². The highest BCUT2D eigenvalue weighted by Crippen LogP contribution is 2.37. The Morgan fingerprint density at radius 3 is 2.88 bits per heavy atom. The van der Waals surface area contributed by atoms with Crippen molar-refractivity contribution in [3.05, 3.63) is 46.2 Å². The van der Waals surface area contributed by atoms with Gasteiger partial charge in [0.2, 0.25) is 0 Å². The Hall–Kier alpha value is -1.83. The van der Waals surface area contributed by atoms with Crippen molar-refractivity contribution < 1.29 is 9.90 Å². The van der Waals surface area contributed by atoms with Gasteiger partial charge in [-0.3, -0.25) is 9.78 Å². The van der Waals surface area contributed by atoms with Crippen molar-refractivity contribution in [3.63, 3.8) is 0 Å². The zero-order valence-electron chi connectivity index (χ0n) is 13.8. The van der Waals surface area contributed by atoms with Crippen molar-refractivity contribution in [2.24, 2.45) is 5.92 Å². The average Bonchev–Trinajstić information content (AvgIpc) is 2.98. The molecular formula is C17H22N4O2S. The molecule has 2 N–H and O–H groups in total. The number of aromatic nitrogens is 2. The van der Waals surface area contributed by atoms with E-state index in [1.54, 1.807) is 11.6 Å². The lowest BCUT2D eigenvalue weighted by Crippen LogP contribution is -2.41. The first-order chi connectivity index (χ1) is 11.5. The van der Waals surface area contributed by atoms with Gasteiger partial charge in [0.25, 0.3) is 5.91 Å². The molecule has 0 aliphatic heterocycles. The molecule has 2 aromatic heterocycles. The van der Waals surface area contributed by atoms with Gasteiger partial charge in [-0.15, -0.1) is 11.3 Å². The van der Waals surface area contributed by atoms with Crippen LogP contribution in [0.1, 0.15) is 40.1 Å². The molecule has 1 aliphatic carbocycles. The molecule has 1 saturated carbocycles. The Labute approximate surface area is 145 Å². The van der Waals surface area contributed by atoms with Gasteiger partial charge in [-0.25, -0.2) is 4.98 Å². The topological polar surface area (TPSA) is 78.4 Å². The van der Waals surface area contributed by atoms with Crippen LogP contribution in [0.2, 0.25) is 0 Å². The fourth-order valence-corrected chi connectivity index (χ4v) is 3.76. The summed E-state index contributed by atoms with van der Waals surface area (Å²) in [6.07, 6.45) is 2.82. The van der Waals surface area contributed by atoms with Gasteiger partial charge in [0.1, 0.15) is 10.7 Å². The summed E-state index contributed by atoms with van der Waals surface area (Å²) < 4.78 is 0. The number of aliphatic hydroxyl groups is 1. The van der Waals surface area contributed by atoms with Gasteiger partial charge < -0.3 is 15.3 Å². The first kappa shape index (κ1) is 17.0. The molecule has 0 radical (unpaired) electrons. The second kappa shape index (κ2) is 7.38. The third-order valence-electron chi connectivity index (χ3n) is 4.15. The smallest absolute Gasteiger partial charge is 0.271 e. The zero-order chi connectivity index (χ0) is 17.1. The van der Waals surface area contributed by atoms with Gasteiger partial charge in [0.15, 0.2) is 0 Å². The van der Waals surface area contributed by atoms with Gasteiger partial charge in [-0.2, -0.15) is 0 Å². The van der Waals surface area contributed by atoms with Gasteiger partial charge in [-0.05, 0) is 45.0 Å². The summed E-state index contributed by atoms with van der Waals surface area (Å²) in [5.74, 6) is 0.0204. The maximum absolute atomic E-state index is 12.6. The van der Waals surface area contributed by atoms with Crippen molar-refractivity contribution >= 4 is 17.2 Å². The molecule has 1 atom stereocenters. The Balaban J connectivity index is 1.72. The van der Waals surface area contributed by atoms with Crippen LogP contribution < -0.4 is 5.32 Å². The summed E-state index contributed by atoms with van der Waals surface area (Å²) in [6, 6.07) is 5.48. The number of amides is 1. The zero-order valence-corrected chi connectivity index (χ0v) is 14.7. The number of carbonyl (C=O) groups is 1. The Bertz CT molecular complexity index is 683. The van der Waals surface area contributed by atoms with Crippen LogP contribution in [0.4, 0.5) is 0 Å². The molecule has 1 aliphatic rings. The molecule has 0 bridgehead atoms. The number of hydrogen-bond acceptors (Lipinski definition) is 6. The van der Waals surface area contributed by atoms with Gasteiger partial charge in [0, 0.05) is 18.1 Å². The summed E-state index contributed by atoms with van der Waals surface area (Å²) in [5.41, 5.74) is 1.27. The molecule has 1 fully saturated rings. The maximum Gasteiger partial charge on any atom is 0.271 e. The minimum atomic E-state index is -0.274. The predicted octanol–water partition coefficient (Wildman–Crippen LogP) is 1.84. The van der Waals surface area contributed by atoms with Crippen LogP contribution in [0.3, 0.4) is 0 Å². The van der Waals surface area contributed by atoms with E-state index in [4.69, 9.17) is 0 Å². The summed E-state index contributed by atoms with van der Waals surface area (Å²) in [5, 5.41) is 15.4. The third-order valence-corrected chi connectivity index (χ3v) is 4.98. The SMILES string of the molecule is CN(C)Cc1nc(C(=O)NC(c2ccccn2)C2CC(O)C2)cs1. The second-order valence-corrected chi connectivity index (χ2v) is 7.40. The molecule has 6 nitrogen and oxygen atoms in total. The molecule has 1 amide bonds. The number of nitrogens with zero attached hydrogens (tertiary/aromatic N) is 3. The number of carbonyl (C=O) groups excluding carboxylic acids is 1. The molecule has 2 heterocycles. The average molecular weight is 346 g/mol. The van der Waals surface area contributed by atoms with E-state index in [0.717, 1.165) is 17.2 Å². The lowest BCUT2D eigenvalue weighted by Gasteiger charge is -2.37. The van der Waals surface area contributed by atoms with Crippen molar-refractivity contribution in [2.45, 2.75) is 31.5 Å². The lowest BCUT2D eigenvalue weighted by molar-refractivity contribution is 0.0228. The van der Waals surface area contributed by atoms with Gasteiger partial charge in [-0.1, -0.05) is 6.07 Å². The van der Waals surface area contributed by atoms with E-state index < -0.39 is 0 Å². The Morgan fingerprint density at radius 1 is 1.46 bits per heavy atom. The molecule has 0 spiro atoms. The normalized spacial score (nSPS) is 21.3. The largest absolute Gasteiger partial charge is 0.393 e. The third kappa shape index (κ3) is 3.98. The molecule has 24 heavy (non-hydrogen) atoms. The highest BCUT2D eigenvalue weighted by Gasteiger charge is 2.36. The standard InChI is InChI=1S/C17H22N4O2S/c1-21(2)9-15-19-14(10-24-15)17(23)20-16(11-7-12(22)8-11)13-5-3-4-6-18-13/h3-6,10-12,16,22H,7-9H2,1-2H3,(H,20,23). The molecular weight excluding hydrogens is 324 g/mol. The molecule has 0 saturated heterocycles. The Morgan fingerprint density at radius 2 is 2.25 bits per heavy atom. The molecule has 0 aromatic carbocycles. The molecule has 3 rings (SSSR count). The van der Waals surface area contributed by atoms with Crippen LogP contribution in [0, 0.1) is 5.92 Å². The lowest BCUT2D eigenvalue weighted by atomic mass is 9.76. The van der Waals surface area contributed by atoms with Crippen LogP contribution in [0.5, 0.6) is 0 Å². The van der Waals surface area contributed by atoms with Gasteiger partial charge in [0.05, 0.1) is 17.8 Å². The molecule has 7 heteroatoms. The second-order valence-electron chi connectivity index (χ2n) is 6.46. The summed E-state index contributed by atoms with van der Waals surface area (Å²) in [7, 11) is 3.94. The van der Waals surface area contributed by atoms with E-state index in [1.165, 1.54) is 11.3 Å². The van der Waals surface area contributed by atoms with E-state index >= 15 is 0 Å². The fraction of sp³-hybridized carbons (Fsp3) is 0.471. The van der Waals surface area contributed by atoms with Crippen molar-refractivity contribution in [3.8, 4) is 0 Å². The number of pyridine rings is 1. The monoisotopic (exact) mass is 346 g/mol. The maximum atomic E-state index is 12.6. The number of aliphatic hydroxyl groups excluding tert-OH is 1. The number of thiazole rings is 1. The van der Waals surface area contributed by atoms with Crippen molar-refractivity contribution in [1.29, 1.82) is 0 Å². The van der Waals surface area contributed by atoms with E-state index in [-0.39, 0.29) is 24.0 Å². The highest BCUT2D eigenvalue weighted by molar-refractivity contribution is 7.09. The van der Waals surface area contributed by atoms with Crippen LogP contribution in [-0.2, 0) is 6.54 Å². The van der Waals surface area contributed by atoms with Crippen molar-refractivity contribution in [2.75, 3.05) is 14.1 Å². The quantitative estimate of drug-likeness (QED) is 0.834. The first-order valence-corrected chi connectivity index (χ1v) is 8.90. The number of hydrogen-bond donors (Lipinski definition) is 2. The fourth-order valence-electron chi connectivity index (χ4n) is 2.87. The van der Waals surface area contributed by atoms with E-state index in [9.17, 15) is 9.90 Å². The number of rotatable bonds is 6. The first-order valence-electron chi connectivity index (χ1n) is 8.02. The molecule has 2 aromatic rings. The van der Waals surface area contributed by atoms with Crippen LogP contribution >= 0.6 is 11.3 Å². The van der Waals surface area contributed by atoms with Crippen LogP contribution in [0.15, 0.2) is 29.8 Å². The van der Waals surface area contributed by atoms with Crippen LogP contribution in [0.25, 0.3) is 0 Å². The number of nitrogens with one attached hydrogen (secondary N) is 1. The molecule has 1 unspecified atom stereocenters. The van der Waals surface area contributed by atoms with E-state index in [2.05, 4.69) is 15.3 Å². The van der Waals surface area contributed by atoms with Gasteiger partial charge >= 0.3 is 0 Å². The van der Waals surface area contributed by atoms with E-state index in [1.807, 2.05) is 37.2 Å². The summed E-state index contributed by atoms with van der Waals surface area (Å²) >= 11 is 1.49. The Kier molecular flexibility index (Phi) is 5.23. The highest BCUT2D eigenvalue weighted by atomic mass is 32.1. The van der Waals surface area contributed by atoms with Crippen LogP contribution in [-0.4, -0.2) is 46.1 Å². The predicted molar refractivity (Wildman–Crippen MR) is 92.7 cm³/mol. The minimum Gasteiger partial charge on any atom is -0.393 e. The summed E-state index contributed by atoms with van der Waals surface area (Å²) in [6.45, 7) is 0.719. The minimum absolute atomic E-state index is 0.187. The van der Waals surface area contributed by atoms with Crippen molar-refractivity contribution in [1.82, 2.24) is 20.2 Å².